The topological polar surface area (TPSA) is 93.2 Å². The third-order valence-corrected chi connectivity index (χ3v) is 9.06. The van der Waals surface area contributed by atoms with Crippen molar-refractivity contribution >= 4 is 19.9 Å². The molecule has 0 saturated carbocycles. The molecule has 1 aliphatic heterocycles. The largest absolute Gasteiger partial charge is 0.497 e. The highest BCUT2D eigenvalue weighted by Gasteiger charge is 2.39. The summed E-state index contributed by atoms with van der Waals surface area (Å²) in [5.74, 6) is 0.534. The Hall–Kier alpha value is -1.36. The Morgan fingerprint density at radius 2 is 1.79 bits per heavy atom. The first-order chi connectivity index (χ1) is 13.7. The van der Waals surface area contributed by atoms with Crippen molar-refractivity contribution in [1.82, 2.24) is 9.21 Å². The zero-order chi connectivity index (χ0) is 21.7. The van der Waals surface area contributed by atoms with E-state index >= 15 is 0 Å². The summed E-state index contributed by atoms with van der Waals surface area (Å²) in [5, 5.41) is 0. The first-order valence-electron chi connectivity index (χ1n) is 9.85. The third kappa shape index (κ3) is 5.84. The minimum Gasteiger partial charge on any atom is -0.497 e. The molecule has 1 aromatic rings. The highest BCUT2D eigenvalue weighted by molar-refractivity contribution is 7.92. The smallest absolute Gasteiger partial charge is 0.247 e. The van der Waals surface area contributed by atoms with Crippen LogP contribution in [0, 0.1) is 0 Å². The molecule has 10 heteroatoms. The summed E-state index contributed by atoms with van der Waals surface area (Å²) in [4.78, 5) is 2.23. The van der Waals surface area contributed by atoms with Crippen LogP contribution >= 0.6 is 0 Å². The minimum absolute atomic E-state index is 0.0134. The van der Waals surface area contributed by atoms with E-state index in [4.69, 9.17) is 9.47 Å². The van der Waals surface area contributed by atoms with Crippen LogP contribution in [-0.2, 0) is 19.9 Å². The van der Waals surface area contributed by atoms with Gasteiger partial charge in [-0.2, -0.15) is 4.31 Å². The second-order valence-corrected chi connectivity index (χ2v) is 11.2. The average molecular weight is 449 g/mol. The van der Waals surface area contributed by atoms with Gasteiger partial charge in [0.2, 0.25) is 10.0 Å². The van der Waals surface area contributed by atoms with Crippen molar-refractivity contribution < 1.29 is 26.3 Å². The zero-order valence-electron chi connectivity index (χ0n) is 17.6. The van der Waals surface area contributed by atoms with Gasteiger partial charge in [-0.05, 0) is 44.6 Å². The Bertz CT molecular complexity index is 882. The van der Waals surface area contributed by atoms with Crippen molar-refractivity contribution in [2.24, 2.45) is 0 Å². The number of hydrogen-bond donors (Lipinski definition) is 0. The first kappa shape index (κ1) is 23.9. The standard InChI is InChI=1S/C19H32N2O6S2/c1-5-20(6-2)11-7-12-21(16-10-13-28(22,23)15-16)29(24,25)19-9-8-17(26-3)14-18(19)27-4/h8-9,14,16H,5-7,10-13,15H2,1-4H3/t16-/m1/s1. The molecule has 1 aliphatic rings. The predicted octanol–water partition coefficient (Wildman–Crippen LogP) is 1.61. The Morgan fingerprint density at radius 3 is 2.31 bits per heavy atom. The third-order valence-electron chi connectivity index (χ3n) is 5.32. The monoisotopic (exact) mass is 448 g/mol. The Kier molecular flexibility index (Phi) is 8.33. The molecule has 0 N–H and O–H groups in total. The molecular formula is C19H32N2O6S2. The van der Waals surface area contributed by atoms with Crippen molar-refractivity contribution in [2.45, 2.75) is 37.6 Å². The van der Waals surface area contributed by atoms with Crippen LogP contribution in [0.2, 0.25) is 0 Å². The van der Waals surface area contributed by atoms with Crippen LogP contribution in [0.15, 0.2) is 23.1 Å². The average Bonchev–Trinajstić information content (AvgIpc) is 3.06. The SMILES string of the molecule is CCN(CC)CCCN([C@@H]1CCS(=O)(=O)C1)S(=O)(=O)c1ccc(OC)cc1OC. The predicted molar refractivity (Wildman–Crippen MR) is 113 cm³/mol. The maximum absolute atomic E-state index is 13.5. The van der Waals surface area contributed by atoms with Gasteiger partial charge >= 0.3 is 0 Å². The quantitative estimate of drug-likeness (QED) is 0.508. The lowest BCUT2D eigenvalue weighted by molar-refractivity contribution is 0.269. The molecule has 0 aromatic heterocycles. The molecule has 8 nitrogen and oxygen atoms in total. The molecule has 0 bridgehead atoms. The molecule has 0 radical (unpaired) electrons. The van der Waals surface area contributed by atoms with E-state index < -0.39 is 25.9 Å². The maximum atomic E-state index is 13.5. The number of sulfone groups is 1. The summed E-state index contributed by atoms with van der Waals surface area (Å²) >= 11 is 0. The summed E-state index contributed by atoms with van der Waals surface area (Å²) in [7, 11) is -4.28. The summed E-state index contributed by atoms with van der Waals surface area (Å²) in [6.45, 7) is 6.89. The second kappa shape index (κ2) is 10.1. The fraction of sp³-hybridized carbons (Fsp3) is 0.684. The number of benzene rings is 1. The molecule has 0 unspecified atom stereocenters. The van der Waals surface area contributed by atoms with Gasteiger partial charge in [-0.25, -0.2) is 16.8 Å². The van der Waals surface area contributed by atoms with Crippen molar-refractivity contribution in [3.63, 3.8) is 0 Å². The van der Waals surface area contributed by atoms with Crippen molar-refractivity contribution in [3.05, 3.63) is 18.2 Å². The van der Waals surface area contributed by atoms with E-state index in [9.17, 15) is 16.8 Å². The van der Waals surface area contributed by atoms with Crippen molar-refractivity contribution in [1.29, 1.82) is 0 Å². The fourth-order valence-electron chi connectivity index (χ4n) is 3.61. The summed E-state index contributed by atoms with van der Waals surface area (Å²) < 4.78 is 62.9. The molecule has 0 aliphatic carbocycles. The van der Waals surface area contributed by atoms with Gasteiger partial charge in [0.15, 0.2) is 9.84 Å². The molecule has 1 saturated heterocycles. The molecular weight excluding hydrogens is 416 g/mol. The molecule has 0 spiro atoms. The van der Waals surface area contributed by atoms with Crippen LogP contribution < -0.4 is 9.47 Å². The normalized spacial score (nSPS) is 19.0. The van der Waals surface area contributed by atoms with Gasteiger partial charge < -0.3 is 14.4 Å². The molecule has 1 aromatic carbocycles. The first-order valence-corrected chi connectivity index (χ1v) is 13.1. The highest BCUT2D eigenvalue weighted by Crippen LogP contribution is 2.33. The number of nitrogens with zero attached hydrogens (tertiary/aromatic N) is 2. The number of sulfonamides is 1. The molecule has 2 rings (SSSR count). The van der Waals surface area contributed by atoms with E-state index in [1.54, 1.807) is 6.07 Å². The van der Waals surface area contributed by atoms with Crippen LogP contribution in [0.25, 0.3) is 0 Å². The molecule has 1 heterocycles. The highest BCUT2D eigenvalue weighted by atomic mass is 32.2. The van der Waals surface area contributed by atoms with E-state index in [0.29, 0.717) is 18.6 Å². The number of methoxy groups -OCH3 is 2. The molecule has 0 amide bonds. The summed E-state index contributed by atoms with van der Waals surface area (Å²) in [6, 6.07) is 3.98. The number of ether oxygens (including phenoxy) is 2. The van der Waals surface area contributed by atoms with E-state index in [1.807, 2.05) is 0 Å². The van der Waals surface area contributed by atoms with Crippen molar-refractivity contribution in [3.8, 4) is 11.5 Å². The minimum atomic E-state index is -3.94. The van der Waals surface area contributed by atoms with Crippen LogP contribution in [0.4, 0.5) is 0 Å². The van der Waals surface area contributed by atoms with Crippen LogP contribution in [-0.4, -0.2) is 84.0 Å². The lowest BCUT2D eigenvalue weighted by atomic mass is 10.2. The van der Waals surface area contributed by atoms with Gasteiger partial charge in [-0.1, -0.05) is 13.8 Å². The molecule has 166 valence electrons. The summed E-state index contributed by atoms with van der Waals surface area (Å²) in [6.07, 6.45) is 0.932. The van der Waals surface area contributed by atoms with E-state index in [0.717, 1.165) is 19.6 Å². The Labute approximate surface area is 174 Å². The Morgan fingerprint density at radius 1 is 1.10 bits per heavy atom. The van der Waals surface area contributed by atoms with E-state index in [1.165, 1.54) is 30.7 Å². The molecule has 29 heavy (non-hydrogen) atoms. The molecule has 1 atom stereocenters. The van der Waals surface area contributed by atoms with Crippen LogP contribution in [0.1, 0.15) is 26.7 Å². The van der Waals surface area contributed by atoms with Crippen LogP contribution in [0.3, 0.4) is 0 Å². The second-order valence-electron chi connectivity index (χ2n) is 7.07. The van der Waals surface area contributed by atoms with E-state index in [-0.39, 0.29) is 28.7 Å². The lowest BCUT2D eigenvalue weighted by Crippen LogP contribution is -2.42. The van der Waals surface area contributed by atoms with Gasteiger partial charge in [0.05, 0.1) is 25.7 Å². The van der Waals surface area contributed by atoms with Gasteiger partial charge in [-0.3, -0.25) is 0 Å². The number of hydrogen-bond acceptors (Lipinski definition) is 7. The fourth-order valence-corrected chi connectivity index (χ4v) is 7.26. The zero-order valence-corrected chi connectivity index (χ0v) is 19.3. The number of rotatable bonds is 11. The van der Waals surface area contributed by atoms with Gasteiger partial charge in [0.1, 0.15) is 16.4 Å². The summed E-state index contributed by atoms with van der Waals surface area (Å²) in [5.41, 5.74) is 0. The lowest BCUT2D eigenvalue weighted by Gasteiger charge is -2.29. The van der Waals surface area contributed by atoms with E-state index in [2.05, 4.69) is 18.7 Å². The molecule has 1 fully saturated rings. The Balaban J connectivity index is 2.36. The van der Waals surface area contributed by atoms with Gasteiger partial charge in [0.25, 0.3) is 0 Å². The van der Waals surface area contributed by atoms with Crippen LogP contribution in [0.5, 0.6) is 11.5 Å². The van der Waals surface area contributed by atoms with Gasteiger partial charge in [0, 0.05) is 18.7 Å². The van der Waals surface area contributed by atoms with Crippen molar-refractivity contribution in [2.75, 3.05) is 51.9 Å². The van der Waals surface area contributed by atoms with Gasteiger partial charge in [-0.15, -0.1) is 0 Å². The maximum Gasteiger partial charge on any atom is 0.247 e.